The van der Waals surface area contributed by atoms with Crippen molar-refractivity contribution >= 4 is 27.5 Å². The molecule has 0 spiro atoms. The van der Waals surface area contributed by atoms with E-state index in [4.69, 9.17) is 0 Å². The molecule has 2 heterocycles. The summed E-state index contributed by atoms with van der Waals surface area (Å²) in [7, 11) is 0. The summed E-state index contributed by atoms with van der Waals surface area (Å²) in [6, 6.07) is 7.76. The van der Waals surface area contributed by atoms with E-state index in [2.05, 4.69) is 20.9 Å². The van der Waals surface area contributed by atoms with E-state index < -0.39 is 5.97 Å². The van der Waals surface area contributed by atoms with Crippen molar-refractivity contribution in [1.82, 2.24) is 9.38 Å². The average molecular weight is 363 g/mol. The number of imidazole rings is 1. The Labute approximate surface area is 134 Å². The predicted molar refractivity (Wildman–Crippen MR) is 84.4 cm³/mol. The van der Waals surface area contributed by atoms with Crippen LogP contribution in [0.1, 0.15) is 11.3 Å². The molecule has 4 nitrogen and oxygen atoms in total. The third kappa shape index (κ3) is 2.62. The second kappa shape index (κ2) is 5.53. The third-order valence-corrected chi connectivity index (χ3v) is 4.27. The predicted octanol–water partition coefficient (Wildman–Crippen LogP) is 3.84. The van der Waals surface area contributed by atoms with Gasteiger partial charge in [-0.15, -0.1) is 0 Å². The molecule has 1 aromatic carbocycles. The summed E-state index contributed by atoms with van der Waals surface area (Å²) in [6.07, 6.45) is 1.65. The largest absolute Gasteiger partial charge is 0.481 e. The van der Waals surface area contributed by atoms with Gasteiger partial charge in [-0.2, -0.15) is 0 Å². The molecule has 0 aliphatic rings. The second-order valence-electron chi connectivity index (χ2n) is 5.02. The van der Waals surface area contributed by atoms with Gasteiger partial charge in [-0.05, 0) is 58.7 Å². The lowest BCUT2D eigenvalue weighted by molar-refractivity contribution is -0.136. The summed E-state index contributed by atoms with van der Waals surface area (Å²) < 4.78 is 15.7. The van der Waals surface area contributed by atoms with E-state index in [-0.39, 0.29) is 12.2 Å². The number of hydrogen-bond donors (Lipinski definition) is 1. The second-order valence-corrected chi connectivity index (χ2v) is 5.87. The minimum absolute atomic E-state index is 0.163. The number of benzene rings is 1. The molecule has 3 rings (SSSR count). The Morgan fingerprint density at radius 3 is 2.68 bits per heavy atom. The maximum absolute atomic E-state index is 13.1. The van der Waals surface area contributed by atoms with Crippen molar-refractivity contribution in [3.63, 3.8) is 0 Å². The monoisotopic (exact) mass is 362 g/mol. The molecule has 0 aliphatic heterocycles. The molecular weight excluding hydrogens is 351 g/mol. The summed E-state index contributed by atoms with van der Waals surface area (Å²) in [4.78, 5) is 15.7. The number of hydrogen-bond acceptors (Lipinski definition) is 2. The molecule has 22 heavy (non-hydrogen) atoms. The van der Waals surface area contributed by atoms with Crippen LogP contribution in [0.2, 0.25) is 0 Å². The molecule has 0 atom stereocenters. The lowest BCUT2D eigenvalue weighted by Crippen LogP contribution is -2.05. The molecule has 0 radical (unpaired) electrons. The highest BCUT2D eigenvalue weighted by atomic mass is 79.9. The minimum Gasteiger partial charge on any atom is -0.481 e. The first-order chi connectivity index (χ1) is 10.5. The molecule has 0 unspecified atom stereocenters. The average Bonchev–Trinajstić information content (AvgIpc) is 2.78. The van der Waals surface area contributed by atoms with Crippen LogP contribution in [0.25, 0.3) is 16.9 Å². The molecule has 6 heteroatoms. The highest BCUT2D eigenvalue weighted by Crippen LogP contribution is 2.28. The first-order valence-electron chi connectivity index (χ1n) is 6.60. The number of carboxylic acids is 1. The summed E-state index contributed by atoms with van der Waals surface area (Å²) in [5.74, 6) is -1.28. The van der Waals surface area contributed by atoms with Gasteiger partial charge >= 0.3 is 5.97 Å². The topological polar surface area (TPSA) is 54.6 Å². The van der Waals surface area contributed by atoms with Crippen molar-refractivity contribution in [2.75, 3.05) is 0 Å². The number of aromatic nitrogens is 2. The smallest absolute Gasteiger partial charge is 0.309 e. The van der Waals surface area contributed by atoms with Crippen LogP contribution in [0, 0.1) is 12.7 Å². The van der Waals surface area contributed by atoms with Gasteiger partial charge in [0, 0.05) is 16.2 Å². The number of rotatable bonds is 3. The van der Waals surface area contributed by atoms with Crippen LogP contribution in [0.3, 0.4) is 0 Å². The first-order valence-corrected chi connectivity index (χ1v) is 7.40. The van der Waals surface area contributed by atoms with E-state index in [0.717, 1.165) is 10.0 Å². The first kappa shape index (κ1) is 14.7. The Hall–Kier alpha value is -2.21. The van der Waals surface area contributed by atoms with E-state index in [1.165, 1.54) is 12.1 Å². The van der Waals surface area contributed by atoms with Crippen molar-refractivity contribution in [3.8, 4) is 11.3 Å². The molecule has 0 bridgehead atoms. The highest BCUT2D eigenvalue weighted by molar-refractivity contribution is 9.10. The van der Waals surface area contributed by atoms with Crippen LogP contribution >= 0.6 is 15.9 Å². The van der Waals surface area contributed by atoms with Crippen molar-refractivity contribution < 1.29 is 14.3 Å². The molecule has 0 fully saturated rings. The molecule has 0 aliphatic carbocycles. The molecule has 3 aromatic rings. The molecule has 1 N–H and O–H groups in total. The van der Waals surface area contributed by atoms with Gasteiger partial charge in [0.25, 0.3) is 0 Å². The number of pyridine rings is 1. The molecule has 0 saturated heterocycles. The maximum atomic E-state index is 13.1. The third-order valence-electron chi connectivity index (χ3n) is 3.44. The standard InChI is InChI=1S/C16H12BrFN2O2/c1-9-6-14-19-16(10-2-4-11(18)5-3-10)13(7-15(21)22)20(14)8-12(9)17/h2-6,8H,7H2,1H3,(H,21,22). The zero-order valence-corrected chi connectivity index (χ0v) is 13.3. The highest BCUT2D eigenvalue weighted by Gasteiger charge is 2.17. The normalized spacial score (nSPS) is 11.0. The van der Waals surface area contributed by atoms with Gasteiger partial charge in [0.15, 0.2) is 0 Å². The number of halogens is 2. The van der Waals surface area contributed by atoms with Crippen LogP contribution in [-0.4, -0.2) is 20.5 Å². The SMILES string of the molecule is Cc1cc2nc(-c3ccc(F)cc3)c(CC(=O)O)n2cc1Br. The summed E-state index contributed by atoms with van der Waals surface area (Å²) >= 11 is 3.45. The molecule has 2 aromatic heterocycles. The van der Waals surface area contributed by atoms with Gasteiger partial charge in [-0.25, -0.2) is 9.37 Å². The molecule has 112 valence electrons. The van der Waals surface area contributed by atoms with E-state index >= 15 is 0 Å². The number of nitrogens with zero attached hydrogens (tertiary/aromatic N) is 2. The lowest BCUT2D eigenvalue weighted by atomic mass is 10.1. The fourth-order valence-electron chi connectivity index (χ4n) is 2.36. The Bertz CT molecular complexity index is 872. The van der Waals surface area contributed by atoms with E-state index in [1.54, 1.807) is 16.5 Å². The van der Waals surface area contributed by atoms with Gasteiger partial charge in [-0.3, -0.25) is 4.79 Å². The van der Waals surface area contributed by atoms with E-state index in [1.807, 2.05) is 19.2 Å². The molecule has 0 amide bonds. The summed E-state index contributed by atoms with van der Waals surface area (Å²) in [6.45, 7) is 1.94. The number of aryl methyl sites for hydroxylation is 1. The number of carbonyl (C=O) groups is 1. The van der Waals surface area contributed by atoms with Crippen LogP contribution in [0.4, 0.5) is 4.39 Å². The van der Waals surface area contributed by atoms with Crippen molar-refractivity contribution in [3.05, 3.63) is 58.1 Å². The van der Waals surface area contributed by atoms with Crippen molar-refractivity contribution in [2.24, 2.45) is 0 Å². The molecule has 0 saturated carbocycles. The van der Waals surface area contributed by atoms with Crippen molar-refractivity contribution in [2.45, 2.75) is 13.3 Å². The Morgan fingerprint density at radius 1 is 1.36 bits per heavy atom. The number of aliphatic carboxylic acids is 1. The zero-order valence-electron chi connectivity index (χ0n) is 11.7. The van der Waals surface area contributed by atoms with Gasteiger partial charge < -0.3 is 9.51 Å². The fraction of sp³-hybridized carbons (Fsp3) is 0.125. The van der Waals surface area contributed by atoms with Gasteiger partial charge in [0.1, 0.15) is 11.5 Å². The lowest BCUT2D eigenvalue weighted by Gasteiger charge is -2.04. The fourth-order valence-corrected chi connectivity index (χ4v) is 2.68. The van der Waals surface area contributed by atoms with E-state index in [9.17, 15) is 14.3 Å². The number of fused-ring (bicyclic) bond motifs is 1. The maximum Gasteiger partial charge on any atom is 0.309 e. The Balaban J connectivity index is 2.28. The summed E-state index contributed by atoms with van der Waals surface area (Å²) in [5.41, 5.74) is 3.48. The number of carboxylic acid groups (broad SMARTS) is 1. The van der Waals surface area contributed by atoms with Crippen LogP contribution in [-0.2, 0) is 11.2 Å². The quantitative estimate of drug-likeness (QED) is 0.769. The summed E-state index contributed by atoms with van der Waals surface area (Å²) in [5, 5.41) is 9.17. The minimum atomic E-state index is -0.943. The van der Waals surface area contributed by atoms with Gasteiger partial charge in [0.2, 0.25) is 0 Å². The zero-order chi connectivity index (χ0) is 15.9. The van der Waals surface area contributed by atoms with Crippen LogP contribution < -0.4 is 0 Å². The van der Waals surface area contributed by atoms with Crippen LogP contribution in [0.15, 0.2) is 41.0 Å². The van der Waals surface area contributed by atoms with Gasteiger partial charge in [-0.1, -0.05) is 0 Å². The van der Waals surface area contributed by atoms with Crippen LogP contribution in [0.5, 0.6) is 0 Å². The Kier molecular flexibility index (Phi) is 3.70. The van der Waals surface area contributed by atoms with Gasteiger partial charge in [0.05, 0.1) is 17.8 Å². The van der Waals surface area contributed by atoms with E-state index in [0.29, 0.717) is 22.6 Å². The Morgan fingerprint density at radius 2 is 2.05 bits per heavy atom. The van der Waals surface area contributed by atoms with Crippen molar-refractivity contribution in [1.29, 1.82) is 0 Å². The molecular formula is C16H12BrFN2O2.